The summed E-state index contributed by atoms with van der Waals surface area (Å²) in [6.45, 7) is 0.152. The summed E-state index contributed by atoms with van der Waals surface area (Å²) in [5, 5.41) is 23.7. The Morgan fingerprint density at radius 1 is 1.32 bits per heavy atom. The summed E-state index contributed by atoms with van der Waals surface area (Å²) >= 11 is 1.87. The molecule has 110 valence electrons. The lowest BCUT2D eigenvalue weighted by atomic mass is 9.95. The molecule has 1 fully saturated rings. The summed E-state index contributed by atoms with van der Waals surface area (Å²) in [6.07, 6.45) is 4.90. The molecule has 0 saturated heterocycles. The average molecular weight is 290 g/mol. The number of hydrogen-bond acceptors (Lipinski definition) is 4. The number of nitrogens with one attached hydrogen (secondary N) is 2. The van der Waals surface area contributed by atoms with Gasteiger partial charge in [0.15, 0.2) is 6.10 Å². The van der Waals surface area contributed by atoms with Gasteiger partial charge in [-0.3, -0.25) is 0 Å². The van der Waals surface area contributed by atoms with Gasteiger partial charge in [-0.05, 0) is 31.9 Å². The van der Waals surface area contributed by atoms with Gasteiger partial charge < -0.3 is 20.8 Å². The number of amides is 2. The van der Waals surface area contributed by atoms with Crippen molar-refractivity contribution in [1.82, 2.24) is 10.6 Å². The van der Waals surface area contributed by atoms with Crippen LogP contribution in [0.5, 0.6) is 0 Å². The average Bonchev–Trinajstić information content (AvgIpc) is 2.39. The quantitative estimate of drug-likeness (QED) is 0.580. The maximum atomic E-state index is 11.6. The number of aliphatic carboxylic acids is 1. The van der Waals surface area contributed by atoms with Crippen molar-refractivity contribution in [2.45, 2.75) is 49.5 Å². The molecule has 1 saturated carbocycles. The molecular weight excluding hydrogens is 268 g/mol. The van der Waals surface area contributed by atoms with E-state index in [4.69, 9.17) is 10.2 Å². The molecule has 1 aliphatic carbocycles. The number of urea groups is 1. The molecule has 0 aromatic heterocycles. The zero-order valence-corrected chi connectivity index (χ0v) is 11.9. The molecule has 0 aromatic rings. The first-order chi connectivity index (χ1) is 9.02. The second-order valence-electron chi connectivity index (χ2n) is 4.75. The summed E-state index contributed by atoms with van der Waals surface area (Å²) in [4.78, 5) is 21.9. The number of rotatable bonds is 6. The first kappa shape index (κ1) is 16.1. The first-order valence-corrected chi connectivity index (χ1v) is 7.79. The molecule has 0 bridgehead atoms. The van der Waals surface area contributed by atoms with Crippen molar-refractivity contribution >= 4 is 23.8 Å². The topological polar surface area (TPSA) is 98.7 Å². The lowest BCUT2D eigenvalue weighted by Gasteiger charge is -2.28. The van der Waals surface area contributed by atoms with Gasteiger partial charge in [0.1, 0.15) is 0 Å². The molecule has 0 aromatic carbocycles. The monoisotopic (exact) mass is 290 g/mol. The zero-order chi connectivity index (χ0) is 14.3. The third-order valence-electron chi connectivity index (χ3n) is 3.33. The Morgan fingerprint density at radius 2 is 1.95 bits per heavy atom. The van der Waals surface area contributed by atoms with Crippen LogP contribution in [0, 0.1) is 0 Å². The Hall–Kier alpha value is -0.950. The van der Waals surface area contributed by atoms with Crippen molar-refractivity contribution in [3.05, 3.63) is 0 Å². The number of hydrogen-bond donors (Lipinski definition) is 4. The fourth-order valence-corrected chi connectivity index (χ4v) is 2.87. The third kappa shape index (κ3) is 6.15. The summed E-state index contributed by atoms with van der Waals surface area (Å²) < 4.78 is 0. The van der Waals surface area contributed by atoms with Gasteiger partial charge in [-0.15, -0.1) is 0 Å². The Bertz CT molecular complexity index is 306. The van der Waals surface area contributed by atoms with Crippen LogP contribution in [0.25, 0.3) is 0 Å². The molecule has 4 N–H and O–H groups in total. The van der Waals surface area contributed by atoms with Gasteiger partial charge in [0.25, 0.3) is 0 Å². The van der Waals surface area contributed by atoms with Crippen LogP contribution < -0.4 is 10.6 Å². The standard InChI is InChI=1S/C12H22N2O4S/c1-19-9-4-2-8(3-5-9)14-12(18)13-7-6-10(15)11(16)17/h8-10,15H,2-7H2,1H3,(H,16,17)(H2,13,14,18). The summed E-state index contributed by atoms with van der Waals surface area (Å²) in [6, 6.07) is -0.0852. The van der Waals surface area contributed by atoms with Crippen molar-refractivity contribution in [3.63, 3.8) is 0 Å². The lowest BCUT2D eigenvalue weighted by Crippen LogP contribution is -2.44. The third-order valence-corrected chi connectivity index (χ3v) is 4.47. The predicted octanol–water partition coefficient (Wildman–Crippen LogP) is 0.795. The van der Waals surface area contributed by atoms with Crippen LogP contribution in [0.4, 0.5) is 4.79 Å². The normalized spacial score (nSPS) is 24.5. The molecule has 1 aliphatic rings. The molecule has 0 radical (unpaired) electrons. The molecule has 1 unspecified atom stereocenters. The van der Waals surface area contributed by atoms with Crippen molar-refractivity contribution < 1.29 is 19.8 Å². The van der Waals surface area contributed by atoms with Gasteiger partial charge in [-0.1, -0.05) is 0 Å². The van der Waals surface area contributed by atoms with Crippen molar-refractivity contribution in [2.75, 3.05) is 12.8 Å². The lowest BCUT2D eigenvalue weighted by molar-refractivity contribution is -0.146. The molecular formula is C12H22N2O4S. The number of carboxylic acid groups (broad SMARTS) is 1. The van der Waals surface area contributed by atoms with Crippen LogP contribution in [0.2, 0.25) is 0 Å². The van der Waals surface area contributed by atoms with E-state index in [-0.39, 0.29) is 25.0 Å². The maximum Gasteiger partial charge on any atom is 0.332 e. The molecule has 0 heterocycles. The van der Waals surface area contributed by atoms with Crippen LogP contribution in [-0.4, -0.2) is 52.4 Å². The highest BCUT2D eigenvalue weighted by Crippen LogP contribution is 2.26. The van der Waals surface area contributed by atoms with E-state index >= 15 is 0 Å². The molecule has 6 nitrogen and oxygen atoms in total. The molecule has 1 atom stereocenters. The zero-order valence-electron chi connectivity index (χ0n) is 11.1. The van der Waals surface area contributed by atoms with Gasteiger partial charge >= 0.3 is 12.0 Å². The van der Waals surface area contributed by atoms with E-state index in [1.165, 1.54) is 0 Å². The number of carbonyl (C=O) groups excluding carboxylic acids is 1. The maximum absolute atomic E-state index is 11.6. The van der Waals surface area contributed by atoms with Crippen LogP contribution in [0.1, 0.15) is 32.1 Å². The first-order valence-electron chi connectivity index (χ1n) is 6.51. The second kappa shape index (κ2) is 8.27. The molecule has 1 rings (SSSR count). The Morgan fingerprint density at radius 3 is 2.47 bits per heavy atom. The van der Waals surface area contributed by atoms with Crippen molar-refractivity contribution in [1.29, 1.82) is 0 Å². The Labute approximate surface area is 117 Å². The minimum atomic E-state index is -1.42. The SMILES string of the molecule is CSC1CCC(NC(=O)NCCC(O)C(=O)O)CC1. The van der Waals surface area contributed by atoms with Crippen molar-refractivity contribution in [2.24, 2.45) is 0 Å². The minimum Gasteiger partial charge on any atom is -0.479 e. The van der Waals surface area contributed by atoms with E-state index in [9.17, 15) is 9.59 Å². The van der Waals surface area contributed by atoms with Gasteiger partial charge in [0, 0.05) is 24.3 Å². The number of carbonyl (C=O) groups is 2. The van der Waals surface area contributed by atoms with Gasteiger partial charge in [-0.2, -0.15) is 11.8 Å². The van der Waals surface area contributed by atoms with Gasteiger partial charge in [-0.25, -0.2) is 9.59 Å². The summed E-state index contributed by atoms with van der Waals surface area (Å²) in [7, 11) is 0. The Kier molecular flexibility index (Phi) is 7.01. The summed E-state index contributed by atoms with van der Waals surface area (Å²) in [5.41, 5.74) is 0. The van der Waals surface area contributed by atoms with Crippen LogP contribution >= 0.6 is 11.8 Å². The minimum absolute atomic E-state index is 0.0158. The number of aliphatic hydroxyl groups excluding tert-OH is 1. The highest BCUT2D eigenvalue weighted by atomic mass is 32.2. The van der Waals surface area contributed by atoms with Crippen LogP contribution in [0.15, 0.2) is 0 Å². The highest BCUT2D eigenvalue weighted by molar-refractivity contribution is 7.99. The van der Waals surface area contributed by atoms with Gasteiger partial charge in [0.2, 0.25) is 0 Å². The number of aliphatic hydroxyl groups is 1. The van der Waals surface area contributed by atoms with E-state index in [0.29, 0.717) is 5.25 Å². The molecule has 19 heavy (non-hydrogen) atoms. The van der Waals surface area contributed by atoms with E-state index < -0.39 is 12.1 Å². The van der Waals surface area contributed by atoms with Crippen LogP contribution in [-0.2, 0) is 4.79 Å². The molecule has 7 heteroatoms. The predicted molar refractivity (Wildman–Crippen MR) is 74.4 cm³/mol. The molecule has 2 amide bonds. The van der Waals surface area contributed by atoms with E-state index in [1.807, 2.05) is 11.8 Å². The number of thioether (sulfide) groups is 1. The Balaban J connectivity index is 2.13. The van der Waals surface area contributed by atoms with E-state index in [0.717, 1.165) is 25.7 Å². The molecule has 0 aliphatic heterocycles. The highest BCUT2D eigenvalue weighted by Gasteiger charge is 2.21. The smallest absolute Gasteiger partial charge is 0.332 e. The van der Waals surface area contributed by atoms with E-state index in [1.54, 1.807) is 0 Å². The fraction of sp³-hybridized carbons (Fsp3) is 0.833. The molecule has 0 spiro atoms. The number of carboxylic acids is 1. The van der Waals surface area contributed by atoms with Crippen molar-refractivity contribution in [3.8, 4) is 0 Å². The van der Waals surface area contributed by atoms with Gasteiger partial charge in [0.05, 0.1) is 0 Å². The van der Waals surface area contributed by atoms with Crippen LogP contribution in [0.3, 0.4) is 0 Å². The largest absolute Gasteiger partial charge is 0.479 e. The second-order valence-corrected chi connectivity index (χ2v) is 5.89. The van der Waals surface area contributed by atoms with E-state index in [2.05, 4.69) is 16.9 Å². The summed E-state index contributed by atoms with van der Waals surface area (Å²) in [5.74, 6) is -1.27. The fourth-order valence-electron chi connectivity index (χ4n) is 2.13.